The van der Waals surface area contributed by atoms with Crippen molar-refractivity contribution < 1.29 is 9.69 Å². The Morgan fingerprint density at radius 3 is 2.62 bits per heavy atom. The average molecular weight is 342 g/mol. The monoisotopic (exact) mass is 341 g/mol. The first-order valence-electron chi connectivity index (χ1n) is 8.71. The van der Waals surface area contributed by atoms with Gasteiger partial charge in [0.1, 0.15) is 6.54 Å². The maximum atomic E-state index is 12.0. The van der Waals surface area contributed by atoms with Crippen molar-refractivity contribution >= 4 is 23.3 Å². The molecule has 1 aromatic heterocycles. The average Bonchev–Trinajstić information content (AvgIpc) is 3.14. The van der Waals surface area contributed by atoms with Crippen molar-refractivity contribution in [2.24, 2.45) is 0 Å². The second-order valence-corrected chi connectivity index (χ2v) is 7.30. The summed E-state index contributed by atoms with van der Waals surface area (Å²) in [4.78, 5) is 14.8. The smallest absolute Gasteiger partial charge is 0.244 e. The van der Waals surface area contributed by atoms with Crippen LogP contribution in [0.4, 0.5) is 0 Å². The highest BCUT2D eigenvalue weighted by molar-refractivity contribution is 7.10. The third kappa shape index (κ3) is 5.05. The van der Waals surface area contributed by atoms with Gasteiger partial charge in [-0.25, -0.2) is 0 Å². The van der Waals surface area contributed by atoms with Crippen molar-refractivity contribution in [3.05, 3.63) is 63.9 Å². The SMILES string of the molecule is O=C(/C=C/c1cccs1)NCc1ccccc1C[NH+]1CCCCC1. The van der Waals surface area contributed by atoms with Crippen LogP contribution in [0.25, 0.3) is 6.08 Å². The minimum Gasteiger partial charge on any atom is -0.348 e. The van der Waals surface area contributed by atoms with Gasteiger partial charge in [0.15, 0.2) is 0 Å². The number of amides is 1. The Morgan fingerprint density at radius 2 is 1.88 bits per heavy atom. The fourth-order valence-corrected chi connectivity index (χ4v) is 3.80. The number of hydrogen-bond acceptors (Lipinski definition) is 2. The van der Waals surface area contributed by atoms with Gasteiger partial charge in [0, 0.05) is 23.1 Å². The van der Waals surface area contributed by atoms with Crippen molar-refractivity contribution in [3.63, 3.8) is 0 Å². The Hall–Kier alpha value is -1.91. The summed E-state index contributed by atoms with van der Waals surface area (Å²) in [6, 6.07) is 12.5. The molecular weight excluding hydrogens is 316 g/mol. The third-order valence-corrected chi connectivity index (χ3v) is 5.35. The number of nitrogens with one attached hydrogen (secondary N) is 2. The van der Waals surface area contributed by atoms with E-state index in [0.29, 0.717) is 6.54 Å². The summed E-state index contributed by atoms with van der Waals surface area (Å²) in [5.74, 6) is -0.0384. The van der Waals surface area contributed by atoms with Crippen LogP contribution < -0.4 is 10.2 Å². The third-order valence-electron chi connectivity index (χ3n) is 4.51. The van der Waals surface area contributed by atoms with E-state index in [9.17, 15) is 4.79 Å². The van der Waals surface area contributed by atoms with Gasteiger partial charge in [-0.1, -0.05) is 30.3 Å². The number of hydrogen-bond donors (Lipinski definition) is 2. The molecule has 2 N–H and O–H groups in total. The fourth-order valence-electron chi connectivity index (χ4n) is 3.19. The van der Waals surface area contributed by atoms with Gasteiger partial charge in [-0.2, -0.15) is 0 Å². The van der Waals surface area contributed by atoms with Gasteiger partial charge in [-0.15, -0.1) is 11.3 Å². The van der Waals surface area contributed by atoms with Gasteiger partial charge < -0.3 is 10.2 Å². The molecule has 1 aliphatic heterocycles. The molecule has 4 heteroatoms. The van der Waals surface area contributed by atoms with Gasteiger partial charge in [0.25, 0.3) is 0 Å². The number of quaternary nitrogens is 1. The molecule has 126 valence electrons. The molecule has 2 heterocycles. The summed E-state index contributed by atoms with van der Waals surface area (Å²) in [6.45, 7) is 4.20. The fraction of sp³-hybridized carbons (Fsp3) is 0.350. The van der Waals surface area contributed by atoms with Crippen LogP contribution in [0.5, 0.6) is 0 Å². The molecular formula is C20H25N2OS+. The highest BCUT2D eigenvalue weighted by atomic mass is 32.1. The Morgan fingerprint density at radius 1 is 1.08 bits per heavy atom. The topological polar surface area (TPSA) is 33.5 Å². The van der Waals surface area contributed by atoms with E-state index >= 15 is 0 Å². The number of likely N-dealkylation sites (tertiary alicyclic amines) is 1. The van der Waals surface area contributed by atoms with Crippen LogP contribution in [0, 0.1) is 0 Å². The first-order valence-corrected chi connectivity index (χ1v) is 9.59. The molecule has 0 spiro atoms. The molecule has 1 aliphatic rings. The molecule has 0 radical (unpaired) electrons. The van der Waals surface area contributed by atoms with Crippen LogP contribution in [-0.4, -0.2) is 19.0 Å². The first kappa shape index (κ1) is 16.9. The highest BCUT2D eigenvalue weighted by Crippen LogP contribution is 2.10. The molecule has 0 bridgehead atoms. The predicted octanol–water partition coefficient (Wildman–Crippen LogP) is 2.65. The number of piperidine rings is 1. The number of carbonyl (C=O) groups excluding carboxylic acids is 1. The van der Waals surface area contributed by atoms with E-state index in [1.807, 2.05) is 23.6 Å². The van der Waals surface area contributed by atoms with Crippen molar-refractivity contribution in [3.8, 4) is 0 Å². The number of benzene rings is 1. The molecule has 0 saturated carbocycles. The minimum atomic E-state index is -0.0384. The molecule has 1 amide bonds. The largest absolute Gasteiger partial charge is 0.348 e. The molecule has 0 atom stereocenters. The van der Waals surface area contributed by atoms with Crippen LogP contribution >= 0.6 is 11.3 Å². The highest BCUT2D eigenvalue weighted by Gasteiger charge is 2.15. The van der Waals surface area contributed by atoms with Crippen LogP contribution in [0.3, 0.4) is 0 Å². The summed E-state index contributed by atoms with van der Waals surface area (Å²) in [7, 11) is 0. The van der Waals surface area contributed by atoms with E-state index in [0.717, 1.165) is 11.4 Å². The summed E-state index contributed by atoms with van der Waals surface area (Å²) in [5.41, 5.74) is 2.59. The Kier molecular flexibility index (Phi) is 6.21. The maximum absolute atomic E-state index is 12.0. The minimum absolute atomic E-state index is 0.0384. The molecule has 0 unspecified atom stereocenters. The standard InChI is InChI=1S/C20H24N2OS/c23-20(11-10-19-9-6-14-24-19)21-15-17-7-2-3-8-18(17)16-22-12-4-1-5-13-22/h2-3,6-11,14H,1,4-5,12-13,15-16H2,(H,21,23)/p+1/b11-10+. The van der Waals surface area contributed by atoms with Crippen LogP contribution in [0.2, 0.25) is 0 Å². The number of carbonyl (C=O) groups is 1. The normalized spacial score (nSPS) is 15.7. The van der Waals surface area contributed by atoms with Gasteiger partial charge in [-0.3, -0.25) is 4.79 Å². The van der Waals surface area contributed by atoms with Crippen LogP contribution in [-0.2, 0) is 17.9 Å². The van der Waals surface area contributed by atoms with Crippen molar-refractivity contribution in [2.45, 2.75) is 32.4 Å². The second kappa shape index (κ2) is 8.81. The zero-order valence-electron chi connectivity index (χ0n) is 14.0. The van der Waals surface area contributed by atoms with Gasteiger partial charge >= 0.3 is 0 Å². The zero-order valence-corrected chi connectivity index (χ0v) is 14.8. The van der Waals surface area contributed by atoms with E-state index in [-0.39, 0.29) is 5.91 Å². The van der Waals surface area contributed by atoms with Crippen molar-refractivity contribution in [1.29, 1.82) is 0 Å². The molecule has 1 aromatic carbocycles. The Balaban J connectivity index is 1.55. The molecule has 1 saturated heterocycles. The first-order chi connectivity index (χ1) is 11.8. The molecule has 2 aromatic rings. The zero-order chi connectivity index (χ0) is 16.6. The van der Waals surface area contributed by atoms with Crippen molar-refractivity contribution in [1.82, 2.24) is 5.32 Å². The Bertz CT molecular complexity index is 673. The lowest BCUT2D eigenvalue weighted by Crippen LogP contribution is -3.11. The molecule has 1 fully saturated rings. The lowest BCUT2D eigenvalue weighted by molar-refractivity contribution is -0.918. The van der Waals surface area contributed by atoms with Crippen molar-refractivity contribution in [2.75, 3.05) is 13.1 Å². The summed E-state index contributed by atoms with van der Waals surface area (Å²) >= 11 is 1.63. The molecule has 24 heavy (non-hydrogen) atoms. The Labute approximate surface area is 148 Å². The predicted molar refractivity (Wildman–Crippen MR) is 99.9 cm³/mol. The number of thiophene rings is 1. The second-order valence-electron chi connectivity index (χ2n) is 6.32. The number of rotatable bonds is 6. The lowest BCUT2D eigenvalue weighted by atomic mass is 10.0. The van der Waals surface area contributed by atoms with Gasteiger partial charge in [0.2, 0.25) is 5.91 Å². The summed E-state index contributed by atoms with van der Waals surface area (Å²) < 4.78 is 0. The van der Waals surface area contributed by atoms with Crippen LogP contribution in [0.1, 0.15) is 35.3 Å². The van der Waals surface area contributed by atoms with Gasteiger partial charge in [0.05, 0.1) is 13.1 Å². The molecule has 0 aliphatic carbocycles. The van der Waals surface area contributed by atoms with E-state index in [4.69, 9.17) is 0 Å². The molecule has 3 nitrogen and oxygen atoms in total. The van der Waals surface area contributed by atoms with E-state index in [1.54, 1.807) is 22.3 Å². The molecule has 3 rings (SSSR count). The summed E-state index contributed by atoms with van der Waals surface area (Å²) in [6.07, 6.45) is 7.52. The van der Waals surface area contributed by atoms with Gasteiger partial charge in [-0.05, 0) is 42.3 Å². The van der Waals surface area contributed by atoms with E-state index in [2.05, 4.69) is 29.6 Å². The quantitative estimate of drug-likeness (QED) is 0.778. The van der Waals surface area contributed by atoms with E-state index in [1.165, 1.54) is 43.5 Å². The maximum Gasteiger partial charge on any atom is 0.244 e. The summed E-state index contributed by atoms with van der Waals surface area (Å²) in [5, 5.41) is 5.02. The van der Waals surface area contributed by atoms with Crippen LogP contribution in [0.15, 0.2) is 47.9 Å². The van der Waals surface area contributed by atoms with E-state index < -0.39 is 0 Å². The lowest BCUT2D eigenvalue weighted by Gasteiger charge is -2.24.